The lowest BCUT2D eigenvalue weighted by Crippen LogP contribution is -2.04. The van der Waals surface area contributed by atoms with Crippen molar-refractivity contribution >= 4 is 28.9 Å². The van der Waals surface area contributed by atoms with E-state index < -0.39 is 0 Å². The zero-order chi connectivity index (χ0) is 15.2. The van der Waals surface area contributed by atoms with Gasteiger partial charge in [-0.2, -0.15) is 5.26 Å². The van der Waals surface area contributed by atoms with Crippen LogP contribution >= 0.6 is 11.6 Å². The topological polar surface area (TPSA) is 73.6 Å². The number of aromatic nitrogens is 2. The molecule has 5 nitrogen and oxygen atoms in total. The first-order valence-corrected chi connectivity index (χ1v) is 7.06. The summed E-state index contributed by atoms with van der Waals surface area (Å²) in [5, 5.41) is 15.7. The normalized spacial score (nSPS) is 10.0. The Morgan fingerprint density at radius 1 is 1.24 bits per heavy atom. The van der Waals surface area contributed by atoms with Crippen molar-refractivity contribution in [3.8, 4) is 6.07 Å². The summed E-state index contributed by atoms with van der Waals surface area (Å²) in [6.45, 7) is 2.08. The van der Waals surface area contributed by atoms with Crippen LogP contribution in [-0.2, 0) is 6.42 Å². The van der Waals surface area contributed by atoms with Gasteiger partial charge in [-0.15, -0.1) is 0 Å². The maximum absolute atomic E-state index is 8.96. The molecule has 0 aliphatic rings. The summed E-state index contributed by atoms with van der Waals surface area (Å²) in [7, 11) is 1.81. The van der Waals surface area contributed by atoms with Crippen LogP contribution in [0.3, 0.4) is 0 Å². The number of rotatable bonds is 5. The minimum Gasteiger partial charge on any atom is -0.373 e. The Morgan fingerprint density at radius 2 is 2.00 bits per heavy atom. The van der Waals surface area contributed by atoms with E-state index in [1.807, 2.05) is 7.05 Å². The van der Waals surface area contributed by atoms with Crippen molar-refractivity contribution in [2.45, 2.75) is 19.8 Å². The van der Waals surface area contributed by atoms with E-state index in [4.69, 9.17) is 16.9 Å². The number of benzene rings is 1. The molecule has 1 aromatic carbocycles. The molecule has 2 aromatic rings. The minimum absolute atomic E-state index is 0.538. The van der Waals surface area contributed by atoms with Crippen LogP contribution in [0.4, 0.5) is 17.3 Å². The second-order valence-electron chi connectivity index (χ2n) is 4.49. The fourth-order valence-corrected chi connectivity index (χ4v) is 2.02. The summed E-state index contributed by atoms with van der Waals surface area (Å²) in [6, 6.07) is 8.95. The molecular weight excluding hydrogens is 286 g/mol. The number of halogens is 1. The molecule has 108 valence electrons. The second kappa shape index (κ2) is 6.91. The summed E-state index contributed by atoms with van der Waals surface area (Å²) >= 11 is 6.15. The van der Waals surface area contributed by atoms with Crippen molar-refractivity contribution in [2.75, 3.05) is 17.7 Å². The van der Waals surface area contributed by atoms with Crippen LogP contribution in [0.5, 0.6) is 0 Å². The summed E-state index contributed by atoms with van der Waals surface area (Å²) in [5.74, 6) is 2.15. The molecule has 6 heteroatoms. The standard InChI is InChI=1S/C15H16ClN5/c1-3-4-13-20-14(18-2)8-15(21-13)19-12-7-10(9-17)5-6-11(12)16/h5-8H,3-4H2,1-2H3,(H2,18,19,20,21). The lowest BCUT2D eigenvalue weighted by Gasteiger charge is -2.11. The van der Waals surface area contributed by atoms with Crippen LogP contribution in [-0.4, -0.2) is 17.0 Å². The van der Waals surface area contributed by atoms with Gasteiger partial charge in [0.05, 0.1) is 22.3 Å². The highest BCUT2D eigenvalue weighted by atomic mass is 35.5. The smallest absolute Gasteiger partial charge is 0.136 e. The van der Waals surface area contributed by atoms with Crippen LogP contribution in [0.25, 0.3) is 0 Å². The van der Waals surface area contributed by atoms with Gasteiger partial charge < -0.3 is 10.6 Å². The number of anilines is 3. The Kier molecular flexibility index (Phi) is 4.96. The van der Waals surface area contributed by atoms with Gasteiger partial charge in [0, 0.05) is 19.5 Å². The lowest BCUT2D eigenvalue weighted by atomic mass is 10.2. The SMILES string of the molecule is CCCc1nc(NC)cc(Nc2cc(C#N)ccc2Cl)n1. The molecule has 0 aliphatic carbocycles. The minimum atomic E-state index is 0.538. The van der Waals surface area contributed by atoms with Crippen LogP contribution in [0.2, 0.25) is 5.02 Å². The Balaban J connectivity index is 2.34. The first-order valence-electron chi connectivity index (χ1n) is 6.68. The van der Waals surface area contributed by atoms with Crippen LogP contribution < -0.4 is 10.6 Å². The molecule has 1 aromatic heterocycles. The van der Waals surface area contributed by atoms with Crippen LogP contribution in [0, 0.1) is 11.3 Å². The van der Waals surface area contributed by atoms with Crippen molar-refractivity contribution in [3.05, 3.63) is 40.7 Å². The van der Waals surface area contributed by atoms with Gasteiger partial charge in [-0.25, -0.2) is 9.97 Å². The highest BCUT2D eigenvalue weighted by molar-refractivity contribution is 6.33. The van der Waals surface area contributed by atoms with Gasteiger partial charge in [0.25, 0.3) is 0 Å². The van der Waals surface area contributed by atoms with Gasteiger partial charge in [0.15, 0.2) is 0 Å². The number of hydrogen-bond acceptors (Lipinski definition) is 5. The van der Waals surface area contributed by atoms with E-state index in [0.717, 1.165) is 24.5 Å². The van der Waals surface area contributed by atoms with Crippen molar-refractivity contribution in [1.29, 1.82) is 5.26 Å². The molecule has 0 saturated heterocycles. The van der Waals surface area contributed by atoms with Crippen LogP contribution in [0.15, 0.2) is 24.3 Å². The van der Waals surface area contributed by atoms with Gasteiger partial charge in [-0.3, -0.25) is 0 Å². The molecule has 0 unspecified atom stereocenters. The summed E-state index contributed by atoms with van der Waals surface area (Å²) in [6.07, 6.45) is 1.77. The van der Waals surface area contributed by atoms with Crippen molar-refractivity contribution in [1.82, 2.24) is 9.97 Å². The third-order valence-electron chi connectivity index (χ3n) is 2.86. The maximum Gasteiger partial charge on any atom is 0.136 e. The molecule has 1 heterocycles. The van der Waals surface area contributed by atoms with Gasteiger partial charge in [0.2, 0.25) is 0 Å². The highest BCUT2D eigenvalue weighted by Crippen LogP contribution is 2.26. The summed E-state index contributed by atoms with van der Waals surface area (Å²) in [5.41, 5.74) is 1.19. The zero-order valence-corrected chi connectivity index (χ0v) is 12.7. The van der Waals surface area contributed by atoms with Crippen molar-refractivity contribution in [2.24, 2.45) is 0 Å². The van der Waals surface area contributed by atoms with Crippen molar-refractivity contribution < 1.29 is 0 Å². The van der Waals surface area contributed by atoms with Gasteiger partial charge >= 0.3 is 0 Å². The Bertz CT molecular complexity index is 678. The Hall–Kier alpha value is -2.32. The second-order valence-corrected chi connectivity index (χ2v) is 4.89. The summed E-state index contributed by atoms with van der Waals surface area (Å²) < 4.78 is 0. The average molecular weight is 302 g/mol. The average Bonchev–Trinajstić information content (AvgIpc) is 2.49. The number of aryl methyl sites for hydroxylation is 1. The van der Waals surface area contributed by atoms with Crippen molar-refractivity contribution in [3.63, 3.8) is 0 Å². The molecule has 0 spiro atoms. The number of nitrogens with zero attached hydrogens (tertiary/aromatic N) is 3. The molecule has 0 aliphatic heterocycles. The van der Waals surface area contributed by atoms with E-state index in [0.29, 0.717) is 22.1 Å². The third-order valence-corrected chi connectivity index (χ3v) is 3.19. The van der Waals surface area contributed by atoms with E-state index in [-0.39, 0.29) is 0 Å². The lowest BCUT2D eigenvalue weighted by molar-refractivity contribution is 0.838. The van der Waals surface area contributed by atoms with Gasteiger partial charge in [0.1, 0.15) is 17.5 Å². The molecule has 0 atom stereocenters. The van der Waals surface area contributed by atoms with E-state index in [1.54, 1.807) is 24.3 Å². The monoisotopic (exact) mass is 301 g/mol. The predicted octanol–water partition coefficient (Wildman–Crippen LogP) is 3.74. The molecule has 0 amide bonds. The number of nitrogens with one attached hydrogen (secondary N) is 2. The molecule has 21 heavy (non-hydrogen) atoms. The molecule has 0 saturated carbocycles. The highest BCUT2D eigenvalue weighted by Gasteiger charge is 2.07. The zero-order valence-electron chi connectivity index (χ0n) is 11.9. The van der Waals surface area contributed by atoms with Gasteiger partial charge in [-0.1, -0.05) is 18.5 Å². The molecule has 2 rings (SSSR count). The van der Waals surface area contributed by atoms with E-state index in [1.165, 1.54) is 0 Å². The predicted molar refractivity (Wildman–Crippen MR) is 85.0 cm³/mol. The molecule has 2 N–H and O–H groups in total. The third kappa shape index (κ3) is 3.83. The van der Waals surface area contributed by atoms with Crippen LogP contribution in [0.1, 0.15) is 24.7 Å². The number of nitriles is 1. The Morgan fingerprint density at radius 3 is 2.67 bits per heavy atom. The van der Waals surface area contributed by atoms with E-state index in [2.05, 4.69) is 33.6 Å². The quantitative estimate of drug-likeness (QED) is 0.880. The largest absolute Gasteiger partial charge is 0.373 e. The molecule has 0 radical (unpaired) electrons. The first kappa shape index (κ1) is 15.1. The molecule has 0 bridgehead atoms. The van der Waals surface area contributed by atoms with E-state index in [9.17, 15) is 0 Å². The molecule has 0 fully saturated rings. The van der Waals surface area contributed by atoms with Gasteiger partial charge in [-0.05, 0) is 24.6 Å². The fourth-order valence-electron chi connectivity index (χ4n) is 1.85. The Labute approximate surface area is 129 Å². The molecular formula is C15H16ClN5. The number of hydrogen-bond donors (Lipinski definition) is 2. The fraction of sp³-hybridized carbons (Fsp3) is 0.267. The van der Waals surface area contributed by atoms with E-state index >= 15 is 0 Å². The maximum atomic E-state index is 8.96. The first-order chi connectivity index (χ1) is 10.2. The summed E-state index contributed by atoms with van der Waals surface area (Å²) in [4.78, 5) is 8.85.